The molecule has 0 spiro atoms. The summed E-state index contributed by atoms with van der Waals surface area (Å²) in [5.74, 6) is -0.362. The SMILES string of the molecule is CCOC(=O)Cc1cnc(NS(=O)(=O)c2ccc(C)cc2)s1. The lowest BCUT2D eigenvalue weighted by Gasteiger charge is -2.05. The zero-order valence-electron chi connectivity index (χ0n) is 12.2. The number of carbonyl (C=O) groups excluding carboxylic acids is 1. The number of ether oxygens (including phenoxy) is 1. The second kappa shape index (κ2) is 6.89. The Hall–Kier alpha value is -1.93. The van der Waals surface area contributed by atoms with Crippen LogP contribution in [0.1, 0.15) is 17.4 Å². The molecule has 0 fully saturated rings. The molecule has 8 heteroatoms. The average Bonchev–Trinajstić information content (AvgIpc) is 2.85. The minimum Gasteiger partial charge on any atom is -0.466 e. The van der Waals surface area contributed by atoms with E-state index in [1.165, 1.54) is 18.3 Å². The molecule has 1 N–H and O–H groups in total. The van der Waals surface area contributed by atoms with Crippen molar-refractivity contribution in [2.24, 2.45) is 0 Å². The summed E-state index contributed by atoms with van der Waals surface area (Å²) in [5, 5.41) is 0.222. The fraction of sp³-hybridized carbons (Fsp3) is 0.286. The smallest absolute Gasteiger partial charge is 0.311 e. The molecule has 1 heterocycles. The van der Waals surface area contributed by atoms with E-state index in [9.17, 15) is 13.2 Å². The summed E-state index contributed by atoms with van der Waals surface area (Å²) < 4.78 is 31.7. The van der Waals surface area contributed by atoms with Gasteiger partial charge in [0, 0.05) is 11.1 Å². The number of nitrogens with one attached hydrogen (secondary N) is 1. The first-order valence-corrected chi connectivity index (χ1v) is 8.90. The van der Waals surface area contributed by atoms with Gasteiger partial charge in [0.2, 0.25) is 0 Å². The molecule has 0 radical (unpaired) electrons. The van der Waals surface area contributed by atoms with E-state index in [0.29, 0.717) is 11.5 Å². The maximum atomic E-state index is 12.2. The van der Waals surface area contributed by atoms with Crippen LogP contribution in [0.3, 0.4) is 0 Å². The third-order valence-electron chi connectivity index (χ3n) is 2.73. The first-order valence-electron chi connectivity index (χ1n) is 6.60. The molecule has 0 aliphatic rings. The first kappa shape index (κ1) is 16.4. The Balaban J connectivity index is 2.09. The Morgan fingerprint density at radius 2 is 2.00 bits per heavy atom. The summed E-state index contributed by atoms with van der Waals surface area (Å²) in [5.41, 5.74) is 0.977. The molecule has 6 nitrogen and oxygen atoms in total. The summed E-state index contributed by atoms with van der Waals surface area (Å²) in [6, 6.07) is 6.51. The van der Waals surface area contributed by atoms with E-state index in [1.54, 1.807) is 19.1 Å². The van der Waals surface area contributed by atoms with E-state index in [-0.39, 0.29) is 22.4 Å². The lowest BCUT2D eigenvalue weighted by Crippen LogP contribution is -2.12. The molecule has 118 valence electrons. The van der Waals surface area contributed by atoms with Gasteiger partial charge >= 0.3 is 5.97 Å². The zero-order chi connectivity index (χ0) is 16.2. The Labute approximate surface area is 133 Å². The summed E-state index contributed by atoms with van der Waals surface area (Å²) in [6.45, 7) is 3.92. The van der Waals surface area contributed by atoms with Crippen LogP contribution in [0, 0.1) is 6.92 Å². The Morgan fingerprint density at radius 1 is 1.32 bits per heavy atom. The molecule has 22 heavy (non-hydrogen) atoms. The van der Waals surface area contributed by atoms with E-state index in [0.717, 1.165) is 16.9 Å². The van der Waals surface area contributed by atoms with Crippen LogP contribution in [0.2, 0.25) is 0 Å². The molecular formula is C14H16N2O4S2. The second-order valence-electron chi connectivity index (χ2n) is 4.53. The van der Waals surface area contributed by atoms with Crippen LogP contribution in [0.25, 0.3) is 0 Å². The number of carbonyl (C=O) groups is 1. The first-order chi connectivity index (χ1) is 10.4. The van der Waals surface area contributed by atoms with Crippen molar-refractivity contribution < 1.29 is 17.9 Å². The van der Waals surface area contributed by atoms with Gasteiger partial charge in [0.1, 0.15) is 0 Å². The molecule has 0 unspecified atom stereocenters. The van der Waals surface area contributed by atoms with Crippen molar-refractivity contribution in [3.05, 3.63) is 40.9 Å². The highest BCUT2D eigenvalue weighted by Gasteiger charge is 2.16. The van der Waals surface area contributed by atoms with Crippen molar-refractivity contribution in [3.8, 4) is 0 Å². The highest BCUT2D eigenvalue weighted by atomic mass is 32.2. The van der Waals surface area contributed by atoms with E-state index in [4.69, 9.17) is 4.74 Å². The second-order valence-corrected chi connectivity index (χ2v) is 7.33. The monoisotopic (exact) mass is 340 g/mol. The van der Waals surface area contributed by atoms with Gasteiger partial charge in [-0.2, -0.15) is 0 Å². The quantitative estimate of drug-likeness (QED) is 0.816. The minimum absolute atomic E-state index is 0.0811. The van der Waals surface area contributed by atoms with E-state index >= 15 is 0 Å². The van der Waals surface area contributed by atoms with Crippen molar-refractivity contribution in [1.82, 2.24) is 4.98 Å². The Bertz CT molecular complexity index is 751. The van der Waals surface area contributed by atoms with Gasteiger partial charge < -0.3 is 4.74 Å². The maximum Gasteiger partial charge on any atom is 0.311 e. The number of esters is 1. The molecular weight excluding hydrogens is 324 g/mol. The molecule has 1 aromatic carbocycles. The van der Waals surface area contributed by atoms with Crippen LogP contribution in [-0.4, -0.2) is 26.0 Å². The number of benzene rings is 1. The number of aryl methyl sites for hydroxylation is 1. The van der Waals surface area contributed by atoms with Crippen molar-refractivity contribution in [3.63, 3.8) is 0 Å². The van der Waals surface area contributed by atoms with Crippen LogP contribution in [0.5, 0.6) is 0 Å². The largest absolute Gasteiger partial charge is 0.466 e. The predicted octanol–water partition coefficient (Wildman–Crippen LogP) is 2.36. The molecule has 0 aliphatic carbocycles. The standard InChI is InChI=1S/C14H16N2O4S2/c1-3-20-13(17)8-11-9-15-14(21-11)16-22(18,19)12-6-4-10(2)5-7-12/h4-7,9H,3,8H2,1-2H3,(H,15,16). The lowest BCUT2D eigenvalue weighted by atomic mass is 10.2. The number of rotatable bonds is 6. The number of thiazole rings is 1. The minimum atomic E-state index is -3.67. The molecule has 0 saturated carbocycles. The molecule has 2 aromatic rings. The molecule has 2 rings (SSSR count). The van der Waals surface area contributed by atoms with Gasteiger partial charge in [0.25, 0.3) is 10.0 Å². The molecule has 0 bridgehead atoms. The predicted molar refractivity (Wildman–Crippen MR) is 84.4 cm³/mol. The van der Waals surface area contributed by atoms with Gasteiger partial charge in [-0.3, -0.25) is 9.52 Å². The zero-order valence-corrected chi connectivity index (χ0v) is 13.8. The van der Waals surface area contributed by atoms with Crippen LogP contribution in [0.15, 0.2) is 35.4 Å². The van der Waals surface area contributed by atoms with E-state index in [2.05, 4.69) is 9.71 Å². The summed E-state index contributed by atoms with van der Waals surface area (Å²) in [4.78, 5) is 16.2. The number of hydrogen-bond acceptors (Lipinski definition) is 6. The normalized spacial score (nSPS) is 11.2. The van der Waals surface area contributed by atoms with Gasteiger partial charge in [0.05, 0.1) is 17.9 Å². The van der Waals surface area contributed by atoms with Gasteiger partial charge in [-0.1, -0.05) is 17.7 Å². The third kappa shape index (κ3) is 4.28. The highest BCUT2D eigenvalue weighted by molar-refractivity contribution is 7.93. The Kier molecular flexibility index (Phi) is 5.15. The summed E-state index contributed by atoms with van der Waals surface area (Å²) >= 11 is 1.11. The van der Waals surface area contributed by atoms with Gasteiger partial charge in [-0.15, -0.1) is 11.3 Å². The van der Waals surface area contributed by atoms with Crippen LogP contribution < -0.4 is 4.72 Å². The van der Waals surface area contributed by atoms with Crippen LogP contribution in [-0.2, 0) is 26.0 Å². The number of aromatic nitrogens is 1. The lowest BCUT2D eigenvalue weighted by molar-refractivity contribution is -0.142. The highest BCUT2D eigenvalue weighted by Crippen LogP contribution is 2.22. The maximum absolute atomic E-state index is 12.2. The number of hydrogen-bond donors (Lipinski definition) is 1. The van der Waals surface area contributed by atoms with Gasteiger partial charge in [0.15, 0.2) is 5.13 Å². The van der Waals surface area contributed by atoms with Crippen LogP contribution >= 0.6 is 11.3 Å². The Morgan fingerprint density at radius 3 is 2.64 bits per heavy atom. The molecule has 0 atom stereocenters. The fourth-order valence-corrected chi connectivity index (χ4v) is 3.72. The number of nitrogens with zero attached hydrogens (tertiary/aromatic N) is 1. The van der Waals surface area contributed by atoms with Gasteiger partial charge in [-0.25, -0.2) is 13.4 Å². The van der Waals surface area contributed by atoms with Crippen molar-refractivity contribution in [2.75, 3.05) is 11.3 Å². The molecule has 0 saturated heterocycles. The molecule has 1 aromatic heterocycles. The van der Waals surface area contributed by atoms with Crippen molar-refractivity contribution in [2.45, 2.75) is 25.2 Å². The van der Waals surface area contributed by atoms with E-state index < -0.39 is 10.0 Å². The van der Waals surface area contributed by atoms with Crippen LogP contribution in [0.4, 0.5) is 5.13 Å². The summed E-state index contributed by atoms with van der Waals surface area (Å²) in [7, 11) is -3.67. The summed E-state index contributed by atoms with van der Waals surface area (Å²) in [6.07, 6.45) is 1.55. The third-order valence-corrected chi connectivity index (χ3v) is 5.13. The fourth-order valence-electron chi connectivity index (χ4n) is 1.68. The molecule has 0 aliphatic heterocycles. The van der Waals surface area contributed by atoms with Crippen molar-refractivity contribution in [1.29, 1.82) is 0 Å². The number of anilines is 1. The average molecular weight is 340 g/mol. The van der Waals surface area contributed by atoms with E-state index in [1.807, 2.05) is 6.92 Å². The van der Waals surface area contributed by atoms with Gasteiger partial charge in [-0.05, 0) is 26.0 Å². The topological polar surface area (TPSA) is 85.4 Å². The van der Waals surface area contributed by atoms with Crippen molar-refractivity contribution >= 4 is 32.5 Å². The molecule has 0 amide bonds. The number of sulfonamides is 1.